The Kier molecular flexibility index (Phi) is 18.9. The smallest absolute Gasteiger partial charge is 0.193 e. The number of halogens is 1. The van der Waals surface area contributed by atoms with Gasteiger partial charge in [-0.2, -0.15) is 0 Å². The summed E-state index contributed by atoms with van der Waals surface area (Å²) in [6, 6.07) is 0. The van der Waals surface area contributed by atoms with E-state index >= 15 is 4.39 Å². The fourth-order valence-corrected chi connectivity index (χ4v) is 9.77. The van der Waals surface area contributed by atoms with Crippen LogP contribution in [0.1, 0.15) is 127 Å². The maximum absolute atomic E-state index is 15.7. The molecule has 55 heavy (non-hydrogen) atoms. The van der Waals surface area contributed by atoms with E-state index in [1.807, 2.05) is 46.1 Å². The molecule has 12 heteroatoms. The minimum Gasteiger partial charge on any atom is -0.417 e. The second-order valence-electron chi connectivity index (χ2n) is 20.9. The van der Waals surface area contributed by atoms with E-state index < -0.39 is 54.6 Å². The standard InChI is InChI=1S/C43H82FNO6SSi3/c1-30(22-23-36(50-54(18,19)41(8,9)10)35(44)28-34-29-52-33(4)45-34)24-26-48-32(3)38(46)31(2)39(47)43(14,15)37(51-55(20,21)42(11,12)13)25-27-49-53(16,17)40(5,6)7/h22,28-29,31-32,36-38,46H,23-27H2,1-21H3/b30-22+,35-28+/t31-,32-,36+,37+,38+/m1/s1. The van der Waals surface area contributed by atoms with Gasteiger partial charge in [-0.3, -0.25) is 4.79 Å². The number of aliphatic hydroxyl groups is 1. The predicted molar refractivity (Wildman–Crippen MR) is 240 cm³/mol. The summed E-state index contributed by atoms with van der Waals surface area (Å²) in [6.45, 7) is 45.3. The minimum atomic E-state index is -2.27. The number of thiazole rings is 1. The molecule has 0 unspecified atom stereocenters. The van der Waals surface area contributed by atoms with Gasteiger partial charge in [-0.25, -0.2) is 9.37 Å². The highest BCUT2D eigenvalue weighted by Crippen LogP contribution is 2.43. The van der Waals surface area contributed by atoms with E-state index in [4.69, 9.17) is 18.0 Å². The zero-order valence-corrected chi connectivity index (χ0v) is 42.7. The lowest BCUT2D eigenvalue weighted by Crippen LogP contribution is -2.53. The van der Waals surface area contributed by atoms with E-state index in [9.17, 15) is 9.90 Å². The highest BCUT2D eigenvalue weighted by atomic mass is 32.1. The van der Waals surface area contributed by atoms with Gasteiger partial charge in [0.25, 0.3) is 0 Å². The van der Waals surface area contributed by atoms with Crippen LogP contribution in [-0.4, -0.2) is 78.5 Å². The van der Waals surface area contributed by atoms with E-state index in [0.29, 0.717) is 38.2 Å². The molecule has 0 amide bonds. The van der Waals surface area contributed by atoms with Crippen LogP contribution in [0.15, 0.2) is 22.9 Å². The van der Waals surface area contributed by atoms with E-state index in [1.54, 1.807) is 6.92 Å². The van der Waals surface area contributed by atoms with Crippen LogP contribution in [0.4, 0.5) is 4.39 Å². The molecule has 0 spiro atoms. The summed E-state index contributed by atoms with van der Waals surface area (Å²) in [5.41, 5.74) is 0.783. The van der Waals surface area contributed by atoms with Crippen LogP contribution >= 0.6 is 11.3 Å². The number of ether oxygens (including phenoxy) is 1. The maximum atomic E-state index is 15.7. The molecule has 0 bridgehead atoms. The molecule has 0 aliphatic heterocycles. The Balaban J connectivity index is 3.07. The SMILES string of the molecule is C/C(=C\C[C@H](O[Si](C)(C)C(C)(C)C)/C(F)=C\c1csc(C)n1)CCO[C@H](C)[C@@H](O)[C@@H](C)C(=O)C(C)(C)[C@H](CCO[Si](C)(C)C(C)(C)C)O[Si](C)(C)C(C)(C)C. The number of aliphatic hydroxyl groups excluding tert-OH is 1. The maximum Gasteiger partial charge on any atom is 0.193 e. The number of nitrogens with zero attached hydrogens (tertiary/aromatic N) is 1. The zero-order valence-electron chi connectivity index (χ0n) is 38.9. The number of aromatic nitrogens is 1. The van der Waals surface area contributed by atoms with Crippen molar-refractivity contribution in [2.45, 2.75) is 202 Å². The van der Waals surface area contributed by atoms with E-state index in [2.05, 4.69) is 107 Å². The Labute approximate surface area is 344 Å². The fourth-order valence-electron chi connectivity index (χ4n) is 5.39. The van der Waals surface area contributed by atoms with E-state index in [-0.39, 0.29) is 32.8 Å². The Morgan fingerprint density at radius 1 is 0.873 bits per heavy atom. The first-order chi connectivity index (χ1) is 24.6. The normalized spacial score (nSPS) is 17.6. The molecule has 1 rings (SSSR count). The number of hydrogen-bond acceptors (Lipinski definition) is 8. The lowest BCUT2D eigenvalue weighted by Gasteiger charge is -2.45. The third-order valence-electron chi connectivity index (χ3n) is 12.8. The Morgan fingerprint density at radius 3 is 1.85 bits per heavy atom. The largest absolute Gasteiger partial charge is 0.417 e. The second-order valence-corrected chi connectivity index (χ2v) is 36.3. The quantitative estimate of drug-likeness (QED) is 0.0974. The Hall–Kier alpha value is -0.839. The molecule has 0 radical (unpaired) electrons. The molecule has 0 aliphatic carbocycles. The third-order valence-corrected chi connectivity index (χ3v) is 27.1. The summed E-state index contributed by atoms with van der Waals surface area (Å²) in [4.78, 5) is 18.7. The monoisotopic (exact) mass is 844 g/mol. The molecule has 0 aliphatic rings. The van der Waals surface area contributed by atoms with Crippen molar-refractivity contribution in [2.75, 3.05) is 13.2 Å². The van der Waals surface area contributed by atoms with Gasteiger partial charge in [-0.1, -0.05) is 94.7 Å². The molecule has 7 nitrogen and oxygen atoms in total. The molecule has 320 valence electrons. The number of ketones is 1. The van der Waals surface area contributed by atoms with Crippen LogP contribution in [-0.2, 0) is 22.8 Å². The number of Topliss-reactive ketones (excluding diaryl/α,β-unsaturated/α-hetero) is 1. The first kappa shape index (κ1) is 52.2. The van der Waals surface area contributed by atoms with Gasteiger partial charge in [0.05, 0.1) is 35.6 Å². The van der Waals surface area contributed by atoms with Crippen LogP contribution < -0.4 is 0 Å². The average molecular weight is 844 g/mol. The van der Waals surface area contributed by atoms with Gasteiger partial charge in [0.2, 0.25) is 0 Å². The molecule has 1 heterocycles. The Morgan fingerprint density at radius 2 is 1.38 bits per heavy atom. The van der Waals surface area contributed by atoms with Gasteiger partial charge in [-0.15, -0.1) is 11.3 Å². The van der Waals surface area contributed by atoms with Crippen LogP contribution in [0, 0.1) is 18.3 Å². The van der Waals surface area contributed by atoms with Crippen molar-refractivity contribution in [2.24, 2.45) is 11.3 Å². The molecular weight excluding hydrogens is 762 g/mol. The summed E-state index contributed by atoms with van der Waals surface area (Å²) in [5.74, 6) is -1.04. The molecule has 1 N–H and O–H groups in total. The summed E-state index contributed by atoms with van der Waals surface area (Å²) >= 11 is 1.49. The van der Waals surface area contributed by atoms with Crippen molar-refractivity contribution < 1.29 is 32.3 Å². The lowest BCUT2D eigenvalue weighted by molar-refractivity contribution is -0.144. The Bertz CT molecular complexity index is 1430. The van der Waals surface area contributed by atoms with Gasteiger partial charge in [0.1, 0.15) is 17.7 Å². The van der Waals surface area contributed by atoms with Crippen LogP contribution in [0.25, 0.3) is 6.08 Å². The van der Waals surface area contributed by atoms with Crippen LogP contribution in [0.3, 0.4) is 0 Å². The van der Waals surface area contributed by atoms with Crippen molar-refractivity contribution in [3.05, 3.63) is 33.6 Å². The van der Waals surface area contributed by atoms with Gasteiger partial charge in [0.15, 0.2) is 25.0 Å². The van der Waals surface area contributed by atoms with E-state index in [1.165, 1.54) is 17.4 Å². The van der Waals surface area contributed by atoms with Gasteiger partial charge in [-0.05, 0) is 101 Å². The predicted octanol–water partition coefficient (Wildman–Crippen LogP) is 12.7. The van der Waals surface area contributed by atoms with Gasteiger partial charge in [0, 0.05) is 23.3 Å². The van der Waals surface area contributed by atoms with Crippen molar-refractivity contribution in [1.29, 1.82) is 0 Å². The molecule has 1 aromatic rings. The first-order valence-corrected chi connectivity index (χ1v) is 30.0. The number of carbonyl (C=O) groups is 1. The van der Waals surface area contributed by atoms with Crippen molar-refractivity contribution in [3.63, 3.8) is 0 Å². The topological polar surface area (TPSA) is 87.1 Å². The molecule has 0 saturated heterocycles. The highest BCUT2D eigenvalue weighted by Gasteiger charge is 2.48. The number of aryl methyl sites for hydroxylation is 1. The molecule has 0 saturated carbocycles. The molecule has 5 atom stereocenters. The van der Waals surface area contributed by atoms with Crippen molar-refractivity contribution in [3.8, 4) is 0 Å². The number of rotatable bonds is 21. The molecular formula is C43H82FNO6SSi3. The summed E-state index contributed by atoms with van der Waals surface area (Å²) in [6.07, 6.45) is 2.47. The summed E-state index contributed by atoms with van der Waals surface area (Å²) in [5, 5.41) is 14.2. The molecule has 0 fully saturated rings. The second kappa shape index (κ2) is 19.9. The summed E-state index contributed by atoms with van der Waals surface area (Å²) < 4.78 is 42.0. The first-order valence-electron chi connectivity index (χ1n) is 20.4. The van der Waals surface area contributed by atoms with Crippen molar-refractivity contribution in [1.82, 2.24) is 4.98 Å². The van der Waals surface area contributed by atoms with Crippen LogP contribution in [0.5, 0.6) is 0 Å². The third kappa shape index (κ3) is 15.4. The highest BCUT2D eigenvalue weighted by molar-refractivity contribution is 7.09. The average Bonchev–Trinajstić information content (AvgIpc) is 3.43. The van der Waals surface area contributed by atoms with Gasteiger partial charge < -0.3 is 23.1 Å². The molecule has 0 aromatic carbocycles. The number of hydrogen-bond donors (Lipinski definition) is 1. The van der Waals surface area contributed by atoms with Crippen LogP contribution in [0.2, 0.25) is 54.4 Å². The van der Waals surface area contributed by atoms with Crippen molar-refractivity contribution >= 4 is 48.1 Å². The lowest BCUT2D eigenvalue weighted by atomic mass is 9.74. The van der Waals surface area contributed by atoms with Gasteiger partial charge >= 0.3 is 0 Å². The fraction of sp³-hybridized carbons (Fsp3) is 0.814. The zero-order chi connectivity index (χ0) is 43.2. The number of carbonyl (C=O) groups excluding carboxylic acids is 1. The summed E-state index contributed by atoms with van der Waals surface area (Å²) in [7, 11) is -6.51. The van der Waals surface area contributed by atoms with E-state index in [0.717, 1.165) is 10.6 Å². The molecule has 1 aromatic heterocycles. The minimum absolute atomic E-state index is 0.0327.